The molecule has 1 heterocycles. The number of carbonyl (C=O) groups is 3. The molecule has 180 valence electrons. The number of aliphatic carboxylic acids is 1. The summed E-state index contributed by atoms with van der Waals surface area (Å²) in [5.74, 6) is -1.61. The van der Waals surface area contributed by atoms with E-state index >= 15 is 0 Å². The first-order valence-electron chi connectivity index (χ1n) is 11.9. The van der Waals surface area contributed by atoms with Crippen LogP contribution in [0.1, 0.15) is 39.0 Å². The van der Waals surface area contributed by atoms with E-state index in [1.54, 1.807) is 17.0 Å². The summed E-state index contributed by atoms with van der Waals surface area (Å²) in [7, 11) is 0. The summed E-state index contributed by atoms with van der Waals surface area (Å²) in [6.45, 7) is 2.18. The summed E-state index contributed by atoms with van der Waals surface area (Å²) in [5, 5.41) is 9.51. The van der Waals surface area contributed by atoms with Gasteiger partial charge in [-0.05, 0) is 48.6 Å². The topological polar surface area (TPSA) is 77.9 Å². The number of hydrogen-bond acceptors (Lipinski definition) is 3. The van der Waals surface area contributed by atoms with Gasteiger partial charge in [0.2, 0.25) is 5.91 Å². The minimum absolute atomic E-state index is 0.225. The number of rotatable bonds is 8. The summed E-state index contributed by atoms with van der Waals surface area (Å²) >= 11 is 0. The summed E-state index contributed by atoms with van der Waals surface area (Å²) < 4.78 is 0. The highest BCUT2D eigenvalue weighted by Crippen LogP contribution is 2.26. The van der Waals surface area contributed by atoms with Crippen molar-refractivity contribution in [2.45, 2.75) is 38.8 Å². The van der Waals surface area contributed by atoms with Crippen molar-refractivity contribution in [2.75, 3.05) is 13.1 Å². The van der Waals surface area contributed by atoms with Gasteiger partial charge < -0.3 is 14.9 Å². The van der Waals surface area contributed by atoms with E-state index in [2.05, 4.69) is 0 Å². The van der Waals surface area contributed by atoms with Gasteiger partial charge in [-0.25, -0.2) is 0 Å². The standard InChI is InChI=1S/C29H30N2O4/c1-21-13-15-23(16-14-21)28(34)31-19-25-12-6-5-11-24(25)18-26(31)29(35)30(20-27(32)33)17-7-10-22-8-3-2-4-9-22/h2-6,8-9,11-16,26H,7,10,17-20H2,1H3,(H,32,33). The van der Waals surface area contributed by atoms with Gasteiger partial charge in [-0.3, -0.25) is 14.4 Å². The van der Waals surface area contributed by atoms with Crippen molar-refractivity contribution in [3.05, 3.63) is 107 Å². The third kappa shape index (κ3) is 5.96. The maximum atomic E-state index is 13.8. The largest absolute Gasteiger partial charge is 0.480 e. The summed E-state index contributed by atoms with van der Waals surface area (Å²) in [4.78, 5) is 41.9. The number of carboxylic acids is 1. The fraction of sp³-hybridized carbons (Fsp3) is 0.276. The van der Waals surface area contributed by atoms with Crippen molar-refractivity contribution in [1.29, 1.82) is 0 Å². The van der Waals surface area contributed by atoms with Crippen LogP contribution in [0, 0.1) is 6.92 Å². The van der Waals surface area contributed by atoms with Crippen molar-refractivity contribution >= 4 is 17.8 Å². The zero-order valence-corrected chi connectivity index (χ0v) is 19.9. The SMILES string of the molecule is Cc1ccc(C(=O)N2Cc3ccccc3CC2C(=O)N(CCCc2ccccc2)CC(=O)O)cc1. The highest BCUT2D eigenvalue weighted by molar-refractivity contribution is 5.98. The number of benzene rings is 3. The first kappa shape index (κ1) is 24.2. The summed E-state index contributed by atoms with van der Waals surface area (Å²) in [6, 6.07) is 24.2. The highest BCUT2D eigenvalue weighted by atomic mass is 16.4. The van der Waals surface area contributed by atoms with Crippen LogP contribution in [-0.4, -0.2) is 51.8 Å². The quantitative estimate of drug-likeness (QED) is 0.538. The van der Waals surface area contributed by atoms with Crippen LogP contribution in [-0.2, 0) is 29.0 Å². The van der Waals surface area contributed by atoms with E-state index in [0.29, 0.717) is 31.5 Å². The van der Waals surface area contributed by atoms with Gasteiger partial charge in [0.25, 0.3) is 5.91 Å². The van der Waals surface area contributed by atoms with E-state index in [1.165, 1.54) is 4.90 Å². The molecule has 0 aromatic heterocycles. The Balaban J connectivity index is 1.58. The first-order chi connectivity index (χ1) is 16.9. The molecule has 1 aliphatic heterocycles. The Morgan fingerprint density at radius 3 is 2.26 bits per heavy atom. The van der Waals surface area contributed by atoms with Crippen LogP contribution in [0.5, 0.6) is 0 Å². The second-order valence-corrected chi connectivity index (χ2v) is 9.03. The third-order valence-electron chi connectivity index (χ3n) is 6.47. The number of hydrogen-bond donors (Lipinski definition) is 1. The molecule has 1 unspecified atom stereocenters. The number of nitrogens with zero attached hydrogens (tertiary/aromatic N) is 2. The number of carbonyl (C=O) groups excluding carboxylic acids is 2. The van der Waals surface area contributed by atoms with Crippen molar-refractivity contribution in [2.24, 2.45) is 0 Å². The number of carboxylic acid groups (broad SMARTS) is 1. The molecule has 1 atom stereocenters. The molecule has 1 N–H and O–H groups in total. The van der Waals surface area contributed by atoms with Crippen molar-refractivity contribution < 1.29 is 19.5 Å². The van der Waals surface area contributed by atoms with Crippen molar-refractivity contribution in [1.82, 2.24) is 9.80 Å². The Morgan fingerprint density at radius 2 is 1.57 bits per heavy atom. The minimum atomic E-state index is -1.06. The van der Waals surface area contributed by atoms with E-state index in [4.69, 9.17) is 0 Å². The van der Waals surface area contributed by atoms with Gasteiger partial charge in [0, 0.05) is 25.1 Å². The van der Waals surface area contributed by atoms with Crippen LogP contribution in [0.4, 0.5) is 0 Å². The molecular weight excluding hydrogens is 440 g/mol. The van der Waals surface area contributed by atoms with Gasteiger partial charge in [0.15, 0.2) is 0 Å². The van der Waals surface area contributed by atoms with Crippen LogP contribution in [0.3, 0.4) is 0 Å². The van der Waals surface area contributed by atoms with Crippen LogP contribution in [0.15, 0.2) is 78.9 Å². The Labute approximate surface area is 205 Å². The number of fused-ring (bicyclic) bond motifs is 1. The zero-order chi connectivity index (χ0) is 24.8. The average molecular weight is 471 g/mol. The van der Waals surface area contributed by atoms with Gasteiger partial charge in [-0.2, -0.15) is 0 Å². The third-order valence-corrected chi connectivity index (χ3v) is 6.47. The normalized spacial score (nSPS) is 14.8. The molecule has 0 spiro atoms. The Hall–Kier alpha value is -3.93. The van der Waals surface area contributed by atoms with Gasteiger partial charge in [0.1, 0.15) is 12.6 Å². The lowest BCUT2D eigenvalue weighted by Gasteiger charge is -2.38. The van der Waals surface area contributed by atoms with Gasteiger partial charge >= 0.3 is 5.97 Å². The van der Waals surface area contributed by atoms with Gasteiger partial charge in [-0.15, -0.1) is 0 Å². The molecule has 4 rings (SSSR count). The molecule has 0 radical (unpaired) electrons. The predicted molar refractivity (Wildman–Crippen MR) is 134 cm³/mol. The lowest BCUT2D eigenvalue weighted by atomic mass is 9.92. The molecule has 6 heteroatoms. The van der Waals surface area contributed by atoms with E-state index in [9.17, 15) is 19.5 Å². The summed E-state index contributed by atoms with van der Waals surface area (Å²) in [5.41, 5.74) is 4.72. The van der Waals surface area contributed by atoms with E-state index in [0.717, 1.165) is 28.7 Å². The van der Waals surface area contributed by atoms with E-state index in [1.807, 2.05) is 73.7 Å². The first-order valence-corrected chi connectivity index (χ1v) is 11.9. The molecule has 0 saturated heterocycles. The average Bonchev–Trinajstić information content (AvgIpc) is 2.87. The molecule has 1 aliphatic rings. The van der Waals surface area contributed by atoms with Crippen LogP contribution in [0.25, 0.3) is 0 Å². The Kier molecular flexibility index (Phi) is 7.60. The molecular formula is C29H30N2O4. The van der Waals surface area contributed by atoms with Crippen LogP contribution in [0.2, 0.25) is 0 Å². The maximum Gasteiger partial charge on any atom is 0.323 e. The van der Waals surface area contributed by atoms with Crippen molar-refractivity contribution in [3.8, 4) is 0 Å². The second kappa shape index (κ2) is 11.0. The van der Waals surface area contributed by atoms with Crippen LogP contribution < -0.4 is 0 Å². The number of amides is 2. The Bertz CT molecular complexity index is 1190. The van der Waals surface area contributed by atoms with Crippen LogP contribution >= 0.6 is 0 Å². The smallest absolute Gasteiger partial charge is 0.323 e. The molecule has 3 aromatic rings. The molecule has 0 aliphatic carbocycles. The highest BCUT2D eigenvalue weighted by Gasteiger charge is 2.37. The van der Waals surface area contributed by atoms with E-state index in [-0.39, 0.29) is 11.8 Å². The lowest BCUT2D eigenvalue weighted by molar-refractivity contribution is -0.146. The lowest BCUT2D eigenvalue weighted by Crippen LogP contribution is -2.54. The monoisotopic (exact) mass is 470 g/mol. The molecule has 3 aromatic carbocycles. The molecule has 2 amide bonds. The maximum absolute atomic E-state index is 13.8. The molecule has 0 bridgehead atoms. The molecule has 6 nitrogen and oxygen atoms in total. The minimum Gasteiger partial charge on any atom is -0.480 e. The number of aryl methyl sites for hydroxylation is 2. The molecule has 0 fully saturated rings. The molecule has 0 saturated carbocycles. The van der Waals surface area contributed by atoms with Gasteiger partial charge in [0.05, 0.1) is 0 Å². The van der Waals surface area contributed by atoms with E-state index < -0.39 is 18.6 Å². The van der Waals surface area contributed by atoms with Gasteiger partial charge in [-0.1, -0.05) is 72.3 Å². The Morgan fingerprint density at radius 1 is 0.914 bits per heavy atom. The molecule has 35 heavy (non-hydrogen) atoms. The van der Waals surface area contributed by atoms with Crippen molar-refractivity contribution in [3.63, 3.8) is 0 Å². The summed E-state index contributed by atoms with van der Waals surface area (Å²) in [6.07, 6.45) is 1.74. The predicted octanol–water partition coefficient (Wildman–Crippen LogP) is 4.11. The zero-order valence-electron chi connectivity index (χ0n) is 19.9. The second-order valence-electron chi connectivity index (χ2n) is 9.03. The fourth-order valence-electron chi connectivity index (χ4n) is 4.58. The fourth-order valence-corrected chi connectivity index (χ4v) is 4.58.